The molecule has 0 bridgehead atoms. The molecule has 4 N–H and O–H groups in total. The molecule has 0 aliphatic rings. The molecule has 0 aliphatic heterocycles. The number of para-hydroxylation sites is 2. The molecule has 6 rings (SSSR count). The number of phenolic OH excluding ortho intramolecular Hbond substituents is 2. The van der Waals surface area contributed by atoms with Crippen LogP contribution in [0.1, 0.15) is 124 Å². The average molecular weight is 1060 g/mol. The van der Waals surface area contributed by atoms with Gasteiger partial charge in [-0.05, 0) is 35.9 Å². The number of benzene rings is 6. The number of rotatable bonds is 11. The predicted molar refractivity (Wildman–Crippen MR) is 284 cm³/mol. The summed E-state index contributed by atoms with van der Waals surface area (Å²) in [7, 11) is 0. The SMILES string of the molecule is CC.CC.CC.CC.CC.CC.CC.O=C(O)c1ccccc1N=NC(=N[N-]c1ccccc1O)c1ccccc1.OOCc1ccccc1[N-]N=C(N=Nc1ccccc1O)c1ccccc1.[Cu+].[Cu+]. The van der Waals surface area contributed by atoms with Crippen LogP contribution in [0.5, 0.6) is 11.5 Å². The molecule has 0 atom stereocenters. The first-order valence-electron chi connectivity index (χ1n) is 23.2. The van der Waals surface area contributed by atoms with Crippen LogP contribution < -0.4 is 0 Å². The molecular weight excluding hydrogens is 984 g/mol. The van der Waals surface area contributed by atoms with Gasteiger partial charge in [0.05, 0.1) is 5.56 Å². The molecule has 0 radical (unpaired) electrons. The number of aromatic carboxylic acids is 1. The number of hydrogen-bond acceptors (Lipinski definition) is 9. The molecule has 0 aliphatic carbocycles. The van der Waals surface area contributed by atoms with Crippen LogP contribution in [-0.4, -0.2) is 38.2 Å². The second kappa shape index (κ2) is 50.4. The van der Waals surface area contributed by atoms with Crippen molar-refractivity contribution in [3.05, 3.63) is 191 Å². The minimum Gasteiger partial charge on any atom is -0.573 e. The van der Waals surface area contributed by atoms with Crippen molar-refractivity contribution < 1.29 is 64.4 Å². The Morgan fingerprint density at radius 2 is 0.814 bits per heavy atom. The van der Waals surface area contributed by atoms with Crippen LogP contribution in [-0.2, 0) is 45.6 Å². The summed E-state index contributed by atoms with van der Waals surface area (Å²) in [6, 6.07) is 44.9. The Bertz CT molecular complexity index is 2280. The first-order chi connectivity index (χ1) is 33.4. The Kier molecular flexibility index (Phi) is 52.1. The number of amidine groups is 2. The summed E-state index contributed by atoms with van der Waals surface area (Å²) in [4.78, 5) is 15.5. The van der Waals surface area contributed by atoms with Crippen molar-refractivity contribution in [1.82, 2.24) is 0 Å². The van der Waals surface area contributed by atoms with Gasteiger partial charge < -0.3 is 36.4 Å². The number of phenols is 2. The number of carboxylic acid groups (broad SMARTS) is 1. The smallest absolute Gasteiger partial charge is 0.573 e. The van der Waals surface area contributed by atoms with Crippen molar-refractivity contribution in [2.75, 3.05) is 0 Å². The van der Waals surface area contributed by atoms with Crippen molar-refractivity contribution in [1.29, 1.82) is 0 Å². The summed E-state index contributed by atoms with van der Waals surface area (Å²) in [6.07, 6.45) is 0. The van der Waals surface area contributed by atoms with Gasteiger partial charge in [0.15, 0.2) is 11.7 Å². The molecule has 0 aromatic heterocycles. The molecule has 14 nitrogen and oxygen atoms in total. The molecule has 0 amide bonds. The summed E-state index contributed by atoms with van der Waals surface area (Å²) in [5, 5.41) is 62.3. The van der Waals surface area contributed by atoms with E-state index in [2.05, 4.69) is 46.4 Å². The van der Waals surface area contributed by atoms with Gasteiger partial charge in [-0.1, -0.05) is 230 Å². The summed E-state index contributed by atoms with van der Waals surface area (Å²) in [6.45, 7) is 28.0. The Hall–Kier alpha value is -6.51. The fourth-order valence-electron chi connectivity index (χ4n) is 4.49. The predicted octanol–water partition coefficient (Wildman–Crippen LogP) is 18.0. The number of nitrogens with zero attached hydrogens (tertiary/aromatic N) is 8. The van der Waals surface area contributed by atoms with Gasteiger partial charge in [0.25, 0.3) is 0 Å². The van der Waals surface area contributed by atoms with E-state index in [4.69, 9.17) is 5.26 Å². The molecule has 0 unspecified atom stereocenters. The van der Waals surface area contributed by atoms with E-state index in [1.54, 1.807) is 84.9 Å². The van der Waals surface area contributed by atoms with Gasteiger partial charge in [-0.15, -0.1) is 26.1 Å². The first-order valence-corrected chi connectivity index (χ1v) is 23.2. The van der Waals surface area contributed by atoms with Crippen LogP contribution in [0.15, 0.2) is 188 Å². The fraction of sp³-hybridized carbons (Fsp3) is 0.278. The van der Waals surface area contributed by atoms with E-state index in [9.17, 15) is 20.1 Å². The van der Waals surface area contributed by atoms with Crippen molar-refractivity contribution in [2.45, 2.75) is 104 Å². The Morgan fingerprint density at radius 3 is 1.26 bits per heavy atom. The quantitative estimate of drug-likeness (QED) is 0.0247. The maximum absolute atomic E-state index is 11.3. The van der Waals surface area contributed by atoms with E-state index in [0.717, 1.165) is 5.56 Å². The summed E-state index contributed by atoms with van der Waals surface area (Å²) in [5.41, 5.74) is 11.7. The topological polar surface area (TPSA) is 210 Å². The second-order valence-corrected chi connectivity index (χ2v) is 10.9. The van der Waals surface area contributed by atoms with Crippen LogP contribution in [0, 0.1) is 0 Å². The van der Waals surface area contributed by atoms with Gasteiger partial charge in [0, 0.05) is 11.1 Å². The molecule has 70 heavy (non-hydrogen) atoms. The maximum atomic E-state index is 11.3. The van der Waals surface area contributed by atoms with E-state index in [-0.39, 0.29) is 80.9 Å². The third-order valence-corrected chi connectivity index (χ3v) is 7.18. The van der Waals surface area contributed by atoms with E-state index in [1.165, 1.54) is 18.2 Å². The van der Waals surface area contributed by atoms with E-state index in [1.807, 2.05) is 152 Å². The zero-order valence-corrected chi connectivity index (χ0v) is 44.9. The van der Waals surface area contributed by atoms with Gasteiger partial charge in [0.1, 0.15) is 29.5 Å². The second-order valence-electron chi connectivity index (χ2n) is 10.9. The molecule has 0 saturated carbocycles. The number of carbonyl (C=O) groups is 1. The number of carboxylic acids is 1. The standard InChI is InChI=1S/C20H17N4O3.C20H16N4O3.7C2H6.2Cu/c25-19-13-7-6-12-18(19)22-24-20(15-8-2-1-3-9-15)23-21-17-11-5-4-10-16(17)14-27-26;25-18-13-7-6-12-17(18)22-24-19(14-8-2-1-3-9-14)23-21-16-11-5-4-10-15(16)20(26)27;7*1-2;;/h1-13H,14H2,(H2-,21,22,23,24,25,26);1-13H,(H3,21,22,23,24,25,26,27);7*1-2H3;;/q-1;;;;;;;;;2*+1/p-1. The van der Waals surface area contributed by atoms with Gasteiger partial charge in [0.2, 0.25) is 0 Å². The van der Waals surface area contributed by atoms with Gasteiger partial charge >= 0.3 is 40.1 Å². The largest absolute Gasteiger partial charge is 1.00 e. The Morgan fingerprint density at radius 1 is 0.457 bits per heavy atom. The molecule has 0 fully saturated rings. The Labute approximate surface area is 439 Å². The van der Waals surface area contributed by atoms with Crippen molar-refractivity contribution in [3.63, 3.8) is 0 Å². The van der Waals surface area contributed by atoms with E-state index in [0.29, 0.717) is 22.5 Å². The van der Waals surface area contributed by atoms with Crippen LogP contribution in [0.2, 0.25) is 0 Å². The number of hydrogen-bond donors (Lipinski definition) is 4. The molecule has 388 valence electrons. The number of azo groups is 2. The molecular formula is C54H74Cu2N8O6. The molecule has 0 heterocycles. The third-order valence-electron chi connectivity index (χ3n) is 7.18. The molecule has 6 aromatic rings. The number of aromatic hydroxyl groups is 2. The van der Waals surface area contributed by atoms with Crippen molar-refractivity contribution >= 4 is 40.4 Å². The van der Waals surface area contributed by atoms with Crippen molar-refractivity contribution in [3.8, 4) is 11.5 Å². The third kappa shape index (κ3) is 28.7. The molecule has 6 aromatic carbocycles. The zero-order chi connectivity index (χ0) is 52.0. The average Bonchev–Trinajstić information content (AvgIpc) is 3.42. The maximum Gasteiger partial charge on any atom is 1.00 e. The van der Waals surface area contributed by atoms with Gasteiger partial charge in [-0.3, -0.25) is 5.26 Å². The van der Waals surface area contributed by atoms with Gasteiger partial charge in [-0.2, -0.15) is 0 Å². The zero-order valence-electron chi connectivity index (χ0n) is 43.0. The van der Waals surface area contributed by atoms with Gasteiger partial charge in [-0.25, -0.2) is 9.68 Å². The van der Waals surface area contributed by atoms with E-state index < -0.39 is 5.97 Å². The minimum atomic E-state index is -1.10. The summed E-state index contributed by atoms with van der Waals surface area (Å²) in [5.74, 6) is -0.628. The van der Waals surface area contributed by atoms with Crippen LogP contribution in [0.4, 0.5) is 22.7 Å². The molecule has 0 saturated heterocycles. The van der Waals surface area contributed by atoms with Crippen LogP contribution in [0.25, 0.3) is 10.9 Å². The monoisotopic (exact) mass is 1060 g/mol. The van der Waals surface area contributed by atoms with E-state index >= 15 is 0 Å². The fourth-order valence-corrected chi connectivity index (χ4v) is 4.49. The minimum absolute atomic E-state index is 0. The van der Waals surface area contributed by atoms with Crippen LogP contribution >= 0.6 is 0 Å². The molecule has 16 heteroatoms. The first kappa shape index (κ1) is 72.5. The normalized spacial score (nSPS) is 9.53. The summed E-state index contributed by atoms with van der Waals surface area (Å²) < 4.78 is 0. The van der Waals surface area contributed by atoms with Crippen molar-refractivity contribution in [2.24, 2.45) is 30.7 Å². The Balaban J connectivity index is -0.000000315. The summed E-state index contributed by atoms with van der Waals surface area (Å²) >= 11 is 0. The van der Waals surface area contributed by atoms with Crippen LogP contribution in [0.3, 0.4) is 0 Å². The molecule has 0 spiro atoms.